The Bertz CT molecular complexity index is 467. The van der Waals surface area contributed by atoms with Gasteiger partial charge in [0, 0.05) is 18.3 Å². The molecule has 0 aliphatic carbocycles. The van der Waals surface area contributed by atoms with Crippen LogP contribution in [-0.4, -0.2) is 28.3 Å². The van der Waals surface area contributed by atoms with Crippen LogP contribution >= 0.6 is 58.0 Å². The topological polar surface area (TPSA) is 51.0 Å². The highest BCUT2D eigenvalue weighted by Gasteiger charge is 2.20. The number of nitrogens with zero attached hydrogens (tertiary/aromatic N) is 1. The molecule has 0 amide bonds. The highest BCUT2D eigenvalue weighted by molar-refractivity contribution is 6.67. The summed E-state index contributed by atoms with van der Waals surface area (Å²) in [6, 6.07) is 2.71. The van der Waals surface area contributed by atoms with Crippen LogP contribution in [0.4, 0.5) is 0 Å². The normalized spacial score (nSPS) is 11.9. The fourth-order valence-corrected chi connectivity index (χ4v) is 1.98. The number of aromatic hydroxyl groups is 1. The third-order valence-corrected chi connectivity index (χ3v) is 2.97. The van der Waals surface area contributed by atoms with Crippen molar-refractivity contribution in [3.63, 3.8) is 0 Å². The zero-order valence-corrected chi connectivity index (χ0v) is 14.4. The molecular weight excluding hydrogens is 383 g/mol. The van der Waals surface area contributed by atoms with Gasteiger partial charge in [0.2, 0.25) is 3.79 Å². The number of hydrogen-bond donors (Lipinski definition) is 1. The van der Waals surface area contributed by atoms with Crippen LogP contribution < -0.4 is 4.74 Å². The molecule has 0 bridgehead atoms. The van der Waals surface area contributed by atoms with Crippen molar-refractivity contribution in [1.82, 2.24) is 0 Å². The van der Waals surface area contributed by atoms with Crippen molar-refractivity contribution in [3.8, 4) is 11.5 Å². The molecule has 4 nitrogen and oxygen atoms in total. The second-order valence-corrected chi connectivity index (χ2v) is 7.24. The second kappa shape index (κ2) is 9.01. The van der Waals surface area contributed by atoms with Crippen LogP contribution in [0.2, 0.25) is 10.0 Å². The van der Waals surface area contributed by atoms with Crippen molar-refractivity contribution < 1.29 is 14.7 Å². The molecule has 0 atom stereocenters. The summed E-state index contributed by atoms with van der Waals surface area (Å²) in [5.41, 5.74) is 0. The SMILES string of the molecule is Oc1cc(Cl)c(OCCCC=NOCC(Cl)(Cl)Cl)c(Cl)c1. The number of phenols is 1. The molecule has 0 fully saturated rings. The lowest BCUT2D eigenvalue weighted by molar-refractivity contribution is 0.150. The maximum atomic E-state index is 9.28. The summed E-state index contributed by atoms with van der Waals surface area (Å²) in [7, 11) is 0. The molecule has 0 heterocycles. The fourth-order valence-electron chi connectivity index (χ4n) is 1.25. The first-order valence-electron chi connectivity index (χ1n) is 5.81. The van der Waals surface area contributed by atoms with Crippen molar-refractivity contribution in [2.24, 2.45) is 5.16 Å². The van der Waals surface area contributed by atoms with Gasteiger partial charge in [0.05, 0.1) is 16.7 Å². The Morgan fingerprint density at radius 3 is 2.38 bits per heavy atom. The van der Waals surface area contributed by atoms with Gasteiger partial charge in [-0.25, -0.2) is 0 Å². The van der Waals surface area contributed by atoms with Crippen LogP contribution in [0.1, 0.15) is 12.8 Å². The average Bonchev–Trinajstić information content (AvgIpc) is 2.33. The van der Waals surface area contributed by atoms with E-state index in [0.29, 0.717) is 25.2 Å². The molecule has 0 saturated carbocycles. The van der Waals surface area contributed by atoms with Gasteiger partial charge in [-0.05, 0) is 12.8 Å². The average molecular weight is 395 g/mol. The van der Waals surface area contributed by atoms with E-state index in [2.05, 4.69) is 5.16 Å². The highest BCUT2D eigenvalue weighted by Crippen LogP contribution is 2.36. The zero-order valence-electron chi connectivity index (χ0n) is 10.7. The van der Waals surface area contributed by atoms with E-state index in [1.165, 1.54) is 12.1 Å². The summed E-state index contributed by atoms with van der Waals surface area (Å²) in [6.07, 6.45) is 2.81. The van der Waals surface area contributed by atoms with Crippen molar-refractivity contribution in [2.45, 2.75) is 16.6 Å². The van der Waals surface area contributed by atoms with Crippen LogP contribution in [-0.2, 0) is 4.84 Å². The third kappa shape index (κ3) is 8.07. The predicted octanol–water partition coefficient (Wildman–Crippen LogP) is 5.23. The predicted molar refractivity (Wildman–Crippen MR) is 87.6 cm³/mol. The zero-order chi connectivity index (χ0) is 15.9. The van der Waals surface area contributed by atoms with Gasteiger partial charge in [0.1, 0.15) is 5.75 Å². The summed E-state index contributed by atoms with van der Waals surface area (Å²) in [4.78, 5) is 4.78. The van der Waals surface area contributed by atoms with Gasteiger partial charge < -0.3 is 14.7 Å². The molecule has 0 aliphatic rings. The van der Waals surface area contributed by atoms with Crippen molar-refractivity contribution >= 4 is 64.2 Å². The van der Waals surface area contributed by atoms with Crippen LogP contribution in [0.15, 0.2) is 17.3 Å². The summed E-state index contributed by atoms with van der Waals surface area (Å²) in [5.74, 6) is 0.316. The van der Waals surface area contributed by atoms with E-state index < -0.39 is 3.79 Å². The van der Waals surface area contributed by atoms with E-state index in [1.807, 2.05) is 0 Å². The van der Waals surface area contributed by atoms with E-state index in [-0.39, 0.29) is 22.4 Å². The van der Waals surface area contributed by atoms with Gasteiger partial charge in [-0.2, -0.15) is 0 Å². The molecule has 118 valence electrons. The highest BCUT2D eigenvalue weighted by atomic mass is 35.6. The first kappa shape index (κ1) is 18.8. The Morgan fingerprint density at radius 1 is 1.19 bits per heavy atom. The van der Waals surface area contributed by atoms with Gasteiger partial charge in [-0.3, -0.25) is 0 Å². The van der Waals surface area contributed by atoms with Crippen molar-refractivity contribution in [2.75, 3.05) is 13.2 Å². The fraction of sp³-hybridized carbons (Fsp3) is 0.417. The number of benzene rings is 1. The molecule has 1 rings (SSSR count). The number of unbranched alkanes of at least 4 members (excludes halogenated alkanes) is 1. The van der Waals surface area contributed by atoms with Gasteiger partial charge >= 0.3 is 0 Å². The molecule has 1 aromatic rings. The van der Waals surface area contributed by atoms with Gasteiger partial charge in [0.25, 0.3) is 0 Å². The molecule has 1 N–H and O–H groups in total. The summed E-state index contributed by atoms with van der Waals surface area (Å²) < 4.78 is 3.96. The molecule has 21 heavy (non-hydrogen) atoms. The van der Waals surface area contributed by atoms with Crippen LogP contribution in [0.3, 0.4) is 0 Å². The number of hydrogen-bond acceptors (Lipinski definition) is 4. The Kier molecular flexibility index (Phi) is 8.06. The molecule has 0 unspecified atom stereocenters. The first-order chi connectivity index (χ1) is 9.79. The molecule has 0 radical (unpaired) electrons. The number of alkyl halides is 3. The molecular formula is C12H12Cl5NO3. The number of halogens is 5. The largest absolute Gasteiger partial charge is 0.508 e. The lowest BCUT2D eigenvalue weighted by Gasteiger charge is -2.09. The maximum absolute atomic E-state index is 9.28. The molecule has 0 saturated heterocycles. The van der Waals surface area contributed by atoms with E-state index in [9.17, 15) is 5.11 Å². The Hall–Kier alpha value is -0.260. The third-order valence-electron chi connectivity index (χ3n) is 2.08. The Labute approximate surface area is 147 Å². The molecule has 0 aliphatic heterocycles. The number of phenolic OH excluding ortho intramolecular Hbond substituents is 1. The summed E-state index contributed by atoms with van der Waals surface area (Å²) in [6.45, 7) is 0.254. The van der Waals surface area contributed by atoms with E-state index >= 15 is 0 Å². The lowest BCUT2D eigenvalue weighted by atomic mass is 10.3. The second-order valence-electron chi connectivity index (χ2n) is 3.91. The van der Waals surface area contributed by atoms with Crippen molar-refractivity contribution in [1.29, 1.82) is 0 Å². The minimum atomic E-state index is -1.48. The van der Waals surface area contributed by atoms with Gasteiger partial charge in [-0.1, -0.05) is 63.2 Å². The van der Waals surface area contributed by atoms with Crippen LogP contribution in [0, 0.1) is 0 Å². The lowest BCUT2D eigenvalue weighted by Crippen LogP contribution is -2.10. The maximum Gasteiger partial charge on any atom is 0.226 e. The van der Waals surface area contributed by atoms with Gasteiger partial charge in [0.15, 0.2) is 12.4 Å². The summed E-state index contributed by atoms with van der Waals surface area (Å²) in [5, 5.41) is 13.4. The smallest absolute Gasteiger partial charge is 0.226 e. The Balaban J connectivity index is 2.25. The first-order valence-corrected chi connectivity index (χ1v) is 7.70. The van der Waals surface area contributed by atoms with E-state index in [1.54, 1.807) is 6.21 Å². The molecule has 0 aromatic heterocycles. The van der Waals surface area contributed by atoms with E-state index in [4.69, 9.17) is 67.6 Å². The number of rotatable bonds is 7. The summed E-state index contributed by atoms with van der Waals surface area (Å²) >= 11 is 28.2. The minimum Gasteiger partial charge on any atom is -0.508 e. The number of ether oxygens (including phenoxy) is 1. The van der Waals surface area contributed by atoms with E-state index in [0.717, 1.165) is 0 Å². The standard InChI is InChI=1S/C12H12Cl5NO3/c13-9-5-8(19)6-10(14)11(9)20-4-2-1-3-18-21-7-12(15,16)17/h3,5-6,19H,1-2,4,7H2. The minimum absolute atomic E-state index is 0.0180. The molecule has 1 aromatic carbocycles. The van der Waals surface area contributed by atoms with Crippen LogP contribution in [0.5, 0.6) is 11.5 Å². The quantitative estimate of drug-likeness (QED) is 0.298. The van der Waals surface area contributed by atoms with Crippen molar-refractivity contribution in [3.05, 3.63) is 22.2 Å². The molecule has 0 spiro atoms. The number of oxime groups is 1. The van der Waals surface area contributed by atoms with Gasteiger partial charge in [-0.15, -0.1) is 0 Å². The van der Waals surface area contributed by atoms with Crippen LogP contribution in [0.25, 0.3) is 0 Å². The Morgan fingerprint density at radius 2 is 1.81 bits per heavy atom. The monoisotopic (exact) mass is 393 g/mol. The molecule has 9 heteroatoms.